The van der Waals surface area contributed by atoms with Gasteiger partial charge in [-0.25, -0.2) is 12.8 Å². The maximum absolute atomic E-state index is 13.4. The highest BCUT2D eigenvalue weighted by atomic mass is 32.2. The Bertz CT molecular complexity index is 657. The summed E-state index contributed by atoms with van der Waals surface area (Å²) in [7, 11) is -2.27. The molecule has 0 heterocycles. The van der Waals surface area contributed by atoms with Crippen LogP contribution in [-0.2, 0) is 19.4 Å². The highest BCUT2D eigenvalue weighted by Gasteiger charge is 2.75. The third-order valence-corrected chi connectivity index (χ3v) is 6.31. The number of sulfone groups is 1. The van der Waals surface area contributed by atoms with Crippen molar-refractivity contribution in [2.75, 3.05) is 19.5 Å². The summed E-state index contributed by atoms with van der Waals surface area (Å²) in [6.45, 7) is 1.24. The van der Waals surface area contributed by atoms with E-state index in [0.29, 0.717) is 5.56 Å². The van der Waals surface area contributed by atoms with Gasteiger partial charge < -0.3 is 9.84 Å². The first-order valence-electron chi connectivity index (χ1n) is 6.50. The molecular weight excluding hydrogens is 299 g/mol. The first-order valence-corrected chi connectivity index (χ1v) is 8.22. The van der Waals surface area contributed by atoms with Crippen LogP contribution in [0.5, 0.6) is 0 Å². The largest absolute Gasteiger partial charge is 0.481 e. The summed E-state index contributed by atoms with van der Waals surface area (Å²) in [4.78, 5) is 11.7. The highest BCUT2D eigenvalue weighted by molar-refractivity contribution is 7.92. The van der Waals surface area contributed by atoms with Gasteiger partial charge in [0.2, 0.25) is 0 Å². The van der Waals surface area contributed by atoms with Gasteiger partial charge in [0, 0.05) is 18.8 Å². The van der Waals surface area contributed by atoms with E-state index in [1.54, 1.807) is 6.07 Å². The fourth-order valence-electron chi connectivity index (χ4n) is 3.01. The number of aliphatic carboxylic acids is 1. The summed E-state index contributed by atoms with van der Waals surface area (Å²) in [5.41, 5.74) is -1.17. The van der Waals surface area contributed by atoms with Crippen molar-refractivity contribution in [3.05, 3.63) is 35.6 Å². The van der Waals surface area contributed by atoms with Crippen LogP contribution in [0.4, 0.5) is 4.39 Å². The van der Waals surface area contributed by atoms with Gasteiger partial charge >= 0.3 is 5.97 Å². The van der Waals surface area contributed by atoms with Crippen molar-refractivity contribution >= 4 is 15.8 Å². The molecule has 0 saturated heterocycles. The number of hydrogen-bond donors (Lipinski definition) is 1. The van der Waals surface area contributed by atoms with Gasteiger partial charge in [-0.3, -0.25) is 4.79 Å². The molecular formula is C14H17FO5S. The van der Waals surface area contributed by atoms with Crippen molar-refractivity contribution in [1.82, 2.24) is 0 Å². The molecule has 7 heteroatoms. The smallest absolute Gasteiger partial charge is 0.314 e. The van der Waals surface area contributed by atoms with Crippen molar-refractivity contribution in [3.8, 4) is 0 Å². The number of rotatable bonds is 6. The fourth-order valence-corrected chi connectivity index (χ4v) is 5.06. The second kappa shape index (κ2) is 5.38. The van der Waals surface area contributed by atoms with E-state index < -0.39 is 38.2 Å². The van der Waals surface area contributed by atoms with Crippen molar-refractivity contribution in [3.63, 3.8) is 0 Å². The number of hydrogen-bond acceptors (Lipinski definition) is 4. The van der Waals surface area contributed by atoms with E-state index in [9.17, 15) is 22.7 Å². The molecule has 3 atom stereocenters. The predicted molar refractivity (Wildman–Crippen MR) is 74.3 cm³/mol. The van der Waals surface area contributed by atoms with Gasteiger partial charge in [-0.1, -0.05) is 19.1 Å². The van der Waals surface area contributed by atoms with E-state index in [-0.39, 0.29) is 12.4 Å². The van der Waals surface area contributed by atoms with Gasteiger partial charge in [0.15, 0.2) is 9.84 Å². The molecule has 1 aromatic carbocycles. The summed E-state index contributed by atoms with van der Waals surface area (Å²) in [6.07, 6.45) is 0. The maximum atomic E-state index is 13.4. The quantitative estimate of drug-likeness (QED) is 0.859. The van der Waals surface area contributed by atoms with Gasteiger partial charge in [-0.05, 0) is 17.7 Å². The lowest BCUT2D eigenvalue weighted by molar-refractivity contribution is -0.145. The standard InChI is InChI=1S/C14H17FO5S/c1-3-21(18,19)12-11(9-5-4-6-10(15)7-9)14(12,8-20-2)13(16)17/h4-7,11-12H,3,8H2,1-2H3,(H,16,17)/t11-,12+,14-/m0/s1. The molecule has 5 nitrogen and oxygen atoms in total. The van der Waals surface area contributed by atoms with Crippen LogP contribution < -0.4 is 0 Å². The number of benzene rings is 1. The third kappa shape index (κ3) is 2.44. The summed E-state index contributed by atoms with van der Waals surface area (Å²) in [5, 5.41) is 8.44. The number of carboxylic acid groups (broad SMARTS) is 1. The minimum Gasteiger partial charge on any atom is -0.481 e. The molecule has 1 aliphatic rings. The van der Waals surface area contributed by atoms with Crippen molar-refractivity contribution in [1.29, 1.82) is 0 Å². The monoisotopic (exact) mass is 316 g/mol. The zero-order valence-electron chi connectivity index (χ0n) is 11.7. The van der Waals surface area contributed by atoms with Crippen LogP contribution in [0.2, 0.25) is 0 Å². The molecule has 116 valence electrons. The SMILES string of the molecule is CCS(=O)(=O)[C@@H]1[C@H](c2cccc(F)c2)[C@]1(COC)C(=O)O. The molecule has 0 radical (unpaired) electrons. The van der Waals surface area contributed by atoms with Gasteiger partial charge in [0.05, 0.1) is 11.9 Å². The molecule has 1 aromatic rings. The average molecular weight is 316 g/mol. The molecule has 0 aliphatic heterocycles. The first kappa shape index (κ1) is 15.9. The number of halogens is 1. The summed E-state index contributed by atoms with van der Waals surface area (Å²) >= 11 is 0. The summed E-state index contributed by atoms with van der Waals surface area (Å²) < 4.78 is 42.7. The van der Waals surface area contributed by atoms with Crippen molar-refractivity contribution in [2.24, 2.45) is 5.41 Å². The van der Waals surface area contributed by atoms with Gasteiger partial charge in [-0.15, -0.1) is 0 Å². The van der Waals surface area contributed by atoms with E-state index in [1.165, 1.54) is 32.2 Å². The molecule has 21 heavy (non-hydrogen) atoms. The maximum Gasteiger partial charge on any atom is 0.314 e. The second-order valence-electron chi connectivity index (χ2n) is 5.18. The molecule has 1 aliphatic carbocycles. The van der Waals surface area contributed by atoms with Gasteiger partial charge in [0.25, 0.3) is 0 Å². The molecule has 1 fully saturated rings. The molecule has 2 rings (SSSR count). The van der Waals surface area contributed by atoms with Crippen LogP contribution in [0.1, 0.15) is 18.4 Å². The van der Waals surface area contributed by atoms with E-state index in [4.69, 9.17) is 4.74 Å². The summed E-state index contributed by atoms with van der Waals surface area (Å²) in [5.74, 6) is -2.72. The Balaban J connectivity index is 2.54. The van der Waals surface area contributed by atoms with Crippen LogP contribution in [0.15, 0.2) is 24.3 Å². The zero-order valence-corrected chi connectivity index (χ0v) is 12.6. The fraction of sp³-hybridized carbons (Fsp3) is 0.500. The molecule has 0 bridgehead atoms. The molecule has 0 unspecified atom stereocenters. The Labute approximate surface area is 122 Å². The van der Waals surface area contributed by atoms with E-state index in [0.717, 1.165) is 0 Å². The van der Waals surface area contributed by atoms with Crippen LogP contribution in [0, 0.1) is 11.2 Å². The minimum absolute atomic E-state index is 0.164. The lowest BCUT2D eigenvalue weighted by Crippen LogP contribution is -2.29. The van der Waals surface area contributed by atoms with Crippen LogP contribution in [0.25, 0.3) is 0 Å². The third-order valence-electron chi connectivity index (χ3n) is 4.03. The van der Waals surface area contributed by atoms with E-state index >= 15 is 0 Å². The first-order chi connectivity index (χ1) is 9.81. The average Bonchev–Trinajstić information content (AvgIpc) is 3.10. The van der Waals surface area contributed by atoms with Crippen molar-refractivity contribution in [2.45, 2.75) is 18.1 Å². The molecule has 1 N–H and O–H groups in total. The Morgan fingerprint density at radius 1 is 1.48 bits per heavy atom. The number of ether oxygens (including phenoxy) is 1. The number of carbonyl (C=O) groups is 1. The van der Waals surface area contributed by atoms with Crippen LogP contribution >= 0.6 is 0 Å². The second-order valence-corrected chi connectivity index (χ2v) is 7.59. The number of carboxylic acids is 1. The lowest BCUT2D eigenvalue weighted by atomic mass is 10.00. The van der Waals surface area contributed by atoms with Crippen LogP contribution in [-0.4, -0.2) is 44.2 Å². The van der Waals surface area contributed by atoms with Gasteiger partial charge in [0.1, 0.15) is 11.2 Å². The molecule has 0 amide bonds. The Morgan fingerprint density at radius 3 is 2.62 bits per heavy atom. The Morgan fingerprint density at radius 2 is 2.14 bits per heavy atom. The lowest BCUT2D eigenvalue weighted by Gasteiger charge is -2.11. The zero-order chi connectivity index (χ0) is 15.8. The van der Waals surface area contributed by atoms with E-state index in [1.807, 2.05) is 0 Å². The normalized spacial score (nSPS) is 28.3. The minimum atomic E-state index is -3.59. The van der Waals surface area contributed by atoms with E-state index in [2.05, 4.69) is 0 Å². The Hall–Kier alpha value is -1.47. The van der Waals surface area contributed by atoms with Crippen LogP contribution in [0.3, 0.4) is 0 Å². The molecule has 1 saturated carbocycles. The van der Waals surface area contributed by atoms with Gasteiger partial charge in [-0.2, -0.15) is 0 Å². The Kier molecular flexibility index (Phi) is 4.08. The molecule has 0 aromatic heterocycles. The highest BCUT2D eigenvalue weighted by Crippen LogP contribution is 2.63. The summed E-state index contributed by atoms with van der Waals surface area (Å²) in [6, 6.07) is 5.40. The predicted octanol–water partition coefficient (Wildman–Crippen LogP) is 1.44. The number of methoxy groups -OCH3 is 1. The molecule has 0 spiro atoms. The topological polar surface area (TPSA) is 80.7 Å². The van der Waals surface area contributed by atoms with Crippen molar-refractivity contribution < 1.29 is 27.4 Å².